The van der Waals surface area contributed by atoms with Gasteiger partial charge in [0, 0.05) is 26.2 Å². The summed E-state index contributed by atoms with van der Waals surface area (Å²) in [5.74, 6) is 0.671. The van der Waals surface area contributed by atoms with Crippen molar-refractivity contribution in [2.45, 2.75) is 24.8 Å². The van der Waals surface area contributed by atoms with Crippen LogP contribution in [0, 0.1) is 0 Å². The summed E-state index contributed by atoms with van der Waals surface area (Å²) in [5.41, 5.74) is 0.886. The van der Waals surface area contributed by atoms with Crippen LogP contribution in [-0.4, -0.2) is 68.5 Å². The van der Waals surface area contributed by atoms with Crippen LogP contribution >= 0.6 is 0 Å². The quantitative estimate of drug-likeness (QED) is 0.687. The van der Waals surface area contributed by atoms with E-state index in [-0.39, 0.29) is 43.0 Å². The van der Waals surface area contributed by atoms with Crippen LogP contribution in [0.3, 0.4) is 0 Å². The summed E-state index contributed by atoms with van der Waals surface area (Å²) in [6.45, 7) is 4.74. The van der Waals surface area contributed by atoms with Crippen LogP contribution in [0.1, 0.15) is 13.8 Å². The first-order valence-corrected chi connectivity index (χ1v) is 12.1. The summed E-state index contributed by atoms with van der Waals surface area (Å²) in [5, 5.41) is 5.50. The molecule has 2 heterocycles. The molecule has 0 aliphatic carbocycles. The summed E-state index contributed by atoms with van der Waals surface area (Å²) < 4.78 is 38.6. The van der Waals surface area contributed by atoms with Crippen LogP contribution in [0.5, 0.6) is 11.5 Å². The molecule has 1 saturated heterocycles. The topological polar surface area (TPSA) is 117 Å². The molecular weight excluding hydrogens is 448 g/mol. The Balaban J connectivity index is 1.41. The van der Waals surface area contributed by atoms with Gasteiger partial charge in [0.15, 0.2) is 6.10 Å². The first kappa shape index (κ1) is 22.9. The first-order valence-electron chi connectivity index (χ1n) is 10.7. The minimum absolute atomic E-state index is 0.0586. The normalized spacial score (nSPS) is 18.7. The fraction of sp³-hybridized carbons (Fsp3) is 0.364. The number of sulfonamides is 1. The highest BCUT2D eigenvalue weighted by Gasteiger charge is 2.32. The van der Waals surface area contributed by atoms with Crippen LogP contribution in [-0.2, 0) is 14.8 Å². The Morgan fingerprint density at radius 1 is 1.18 bits per heavy atom. The monoisotopic (exact) mass is 474 g/mol. The number of amides is 3. The highest BCUT2D eigenvalue weighted by atomic mass is 32.2. The summed E-state index contributed by atoms with van der Waals surface area (Å²) in [6.07, 6.45) is -0.639. The Morgan fingerprint density at radius 3 is 2.64 bits per heavy atom. The maximum atomic E-state index is 13.1. The molecule has 2 aliphatic rings. The second kappa shape index (κ2) is 9.28. The number of nitrogens with zero attached hydrogens (tertiary/aromatic N) is 2. The number of para-hydroxylation sites is 2. The largest absolute Gasteiger partial charge is 0.492 e. The molecule has 0 aromatic heterocycles. The lowest BCUT2D eigenvalue weighted by Gasteiger charge is -2.34. The Morgan fingerprint density at radius 2 is 1.91 bits per heavy atom. The molecule has 1 unspecified atom stereocenters. The highest BCUT2D eigenvalue weighted by Crippen LogP contribution is 2.33. The van der Waals surface area contributed by atoms with Crippen LogP contribution in [0.25, 0.3) is 0 Å². The van der Waals surface area contributed by atoms with Gasteiger partial charge in [-0.15, -0.1) is 0 Å². The number of rotatable bonds is 5. The molecule has 0 saturated carbocycles. The van der Waals surface area contributed by atoms with Crippen LogP contribution in [0.2, 0.25) is 0 Å². The lowest BCUT2D eigenvalue weighted by Crippen LogP contribution is -2.51. The number of hydrogen-bond acceptors (Lipinski definition) is 6. The third-order valence-electron chi connectivity index (χ3n) is 5.47. The summed E-state index contributed by atoms with van der Waals surface area (Å²) in [7, 11) is -3.80. The molecular formula is C22H26N4O6S. The lowest BCUT2D eigenvalue weighted by molar-refractivity contribution is -0.122. The van der Waals surface area contributed by atoms with Gasteiger partial charge in [0.25, 0.3) is 5.91 Å². The van der Waals surface area contributed by atoms with E-state index < -0.39 is 16.1 Å². The predicted octanol–water partition coefficient (Wildman–Crippen LogP) is 2.34. The van der Waals surface area contributed by atoms with E-state index in [2.05, 4.69) is 10.6 Å². The van der Waals surface area contributed by atoms with Gasteiger partial charge < -0.3 is 25.0 Å². The smallest absolute Gasteiger partial charge is 0.322 e. The van der Waals surface area contributed by atoms with E-state index in [1.165, 1.54) is 22.5 Å². The van der Waals surface area contributed by atoms with Crippen molar-refractivity contribution in [2.24, 2.45) is 0 Å². The van der Waals surface area contributed by atoms with Gasteiger partial charge in [0.1, 0.15) is 11.5 Å². The zero-order chi connectivity index (χ0) is 23.6. The number of carbonyl (C=O) groups excluding carboxylic acids is 2. The second-order valence-corrected chi connectivity index (χ2v) is 9.60. The van der Waals surface area contributed by atoms with Crippen LogP contribution in [0.4, 0.5) is 16.2 Å². The maximum absolute atomic E-state index is 13.1. The lowest BCUT2D eigenvalue weighted by atomic mass is 10.2. The summed E-state index contributed by atoms with van der Waals surface area (Å²) >= 11 is 0. The molecule has 0 spiro atoms. The van der Waals surface area contributed by atoms with E-state index >= 15 is 0 Å². The van der Waals surface area contributed by atoms with Gasteiger partial charge in [-0.25, -0.2) is 13.2 Å². The fourth-order valence-electron chi connectivity index (χ4n) is 3.67. The van der Waals surface area contributed by atoms with Crippen LogP contribution < -0.4 is 20.1 Å². The summed E-state index contributed by atoms with van der Waals surface area (Å²) in [4.78, 5) is 26.2. The standard InChI is InChI=1S/C22H26N4O6S/c1-3-31-19-7-5-4-6-17(19)24-22(28)25-10-12-26(13-11-25)33(29,30)16-8-9-20-18(14-16)23-21(27)15(2)32-20/h4-9,14-15H,3,10-13H2,1-2H3,(H,23,27)(H,24,28). The molecule has 0 radical (unpaired) electrons. The zero-order valence-corrected chi connectivity index (χ0v) is 19.2. The van der Waals surface area contributed by atoms with Crippen molar-refractivity contribution in [2.75, 3.05) is 43.4 Å². The number of anilines is 2. The van der Waals surface area contributed by atoms with E-state index in [0.29, 0.717) is 29.5 Å². The van der Waals surface area contributed by atoms with Gasteiger partial charge in [-0.05, 0) is 44.2 Å². The minimum atomic E-state index is -3.80. The number of carbonyl (C=O) groups is 2. The molecule has 3 amide bonds. The number of fused-ring (bicyclic) bond motifs is 1. The molecule has 2 aromatic rings. The van der Waals surface area contributed by atoms with E-state index in [4.69, 9.17) is 9.47 Å². The number of urea groups is 1. The van der Waals surface area contributed by atoms with Crippen molar-refractivity contribution in [1.82, 2.24) is 9.21 Å². The van der Waals surface area contributed by atoms with E-state index in [1.807, 2.05) is 13.0 Å². The molecule has 1 atom stereocenters. The van der Waals surface area contributed by atoms with Crippen molar-refractivity contribution in [3.8, 4) is 11.5 Å². The predicted molar refractivity (Wildman–Crippen MR) is 122 cm³/mol. The average molecular weight is 475 g/mol. The molecule has 2 aromatic carbocycles. The molecule has 2 N–H and O–H groups in total. The Kier molecular flexibility index (Phi) is 6.43. The Hall–Kier alpha value is -3.31. The van der Waals surface area contributed by atoms with E-state index in [1.54, 1.807) is 30.0 Å². The van der Waals surface area contributed by atoms with Crippen molar-refractivity contribution in [3.63, 3.8) is 0 Å². The molecule has 176 valence electrons. The van der Waals surface area contributed by atoms with Gasteiger partial charge in [-0.2, -0.15) is 4.31 Å². The first-order chi connectivity index (χ1) is 15.8. The molecule has 0 bridgehead atoms. The van der Waals surface area contributed by atoms with E-state index in [9.17, 15) is 18.0 Å². The average Bonchev–Trinajstić information content (AvgIpc) is 2.81. The third kappa shape index (κ3) is 4.74. The van der Waals surface area contributed by atoms with Gasteiger partial charge in [-0.1, -0.05) is 12.1 Å². The molecule has 1 fully saturated rings. The fourth-order valence-corrected chi connectivity index (χ4v) is 5.12. The highest BCUT2D eigenvalue weighted by molar-refractivity contribution is 7.89. The molecule has 11 heteroatoms. The maximum Gasteiger partial charge on any atom is 0.322 e. The van der Waals surface area contributed by atoms with Crippen molar-refractivity contribution in [3.05, 3.63) is 42.5 Å². The number of benzene rings is 2. The zero-order valence-electron chi connectivity index (χ0n) is 18.4. The van der Waals surface area contributed by atoms with Gasteiger partial charge in [0.05, 0.1) is 22.9 Å². The molecule has 4 rings (SSSR count). The van der Waals surface area contributed by atoms with E-state index in [0.717, 1.165) is 0 Å². The second-order valence-electron chi connectivity index (χ2n) is 7.66. The molecule has 33 heavy (non-hydrogen) atoms. The Labute approximate surface area is 192 Å². The van der Waals surface area contributed by atoms with Crippen LogP contribution in [0.15, 0.2) is 47.4 Å². The third-order valence-corrected chi connectivity index (χ3v) is 7.37. The SMILES string of the molecule is CCOc1ccccc1NC(=O)N1CCN(S(=O)(=O)c2ccc3c(c2)NC(=O)C(C)O3)CC1. The summed E-state index contributed by atoms with van der Waals surface area (Å²) in [6, 6.07) is 11.2. The molecule has 2 aliphatic heterocycles. The van der Waals surface area contributed by atoms with Crippen molar-refractivity contribution in [1.29, 1.82) is 0 Å². The van der Waals surface area contributed by atoms with Gasteiger partial charge in [0.2, 0.25) is 10.0 Å². The molecule has 10 nitrogen and oxygen atoms in total. The minimum Gasteiger partial charge on any atom is -0.492 e. The Bertz CT molecular complexity index is 1160. The van der Waals surface area contributed by atoms with Crippen molar-refractivity contribution >= 4 is 33.3 Å². The van der Waals surface area contributed by atoms with Crippen molar-refractivity contribution < 1.29 is 27.5 Å². The number of hydrogen-bond donors (Lipinski definition) is 2. The van der Waals surface area contributed by atoms with Gasteiger partial charge >= 0.3 is 6.03 Å². The number of piperazine rings is 1. The number of nitrogens with one attached hydrogen (secondary N) is 2. The van der Waals surface area contributed by atoms with Gasteiger partial charge in [-0.3, -0.25) is 4.79 Å². The number of ether oxygens (including phenoxy) is 2.